The molecule has 2 rings (SSSR count). The van der Waals surface area contributed by atoms with Crippen LogP contribution in [0, 0.1) is 0 Å². The third-order valence-corrected chi connectivity index (χ3v) is 2.63. The molecule has 1 aromatic carbocycles. The molecule has 1 fully saturated rings. The van der Waals surface area contributed by atoms with Crippen LogP contribution < -0.4 is 5.32 Å². The predicted octanol–water partition coefficient (Wildman–Crippen LogP) is 3.43. The van der Waals surface area contributed by atoms with Crippen molar-refractivity contribution in [3.63, 3.8) is 0 Å². The Bertz CT molecular complexity index is 327. The van der Waals surface area contributed by atoms with Crippen LogP contribution in [0.15, 0.2) is 24.3 Å². The number of hydrogen-bond donors (Lipinski definition) is 1. The molecule has 1 unspecified atom stereocenters. The molecule has 0 aliphatic carbocycles. The first-order valence-corrected chi connectivity index (χ1v) is 4.81. The summed E-state index contributed by atoms with van der Waals surface area (Å²) in [6.07, 6.45) is -0.130. The lowest BCUT2D eigenvalue weighted by Crippen LogP contribution is -2.19. The SMILES string of the molecule is Cl.FC1(F)CNC(c2ccc(Cl)cc2)C1. The summed E-state index contributed by atoms with van der Waals surface area (Å²) in [6.45, 7) is -0.236. The third-order valence-electron chi connectivity index (χ3n) is 2.38. The average Bonchev–Trinajstić information content (AvgIpc) is 2.47. The normalized spacial score (nSPS) is 23.5. The van der Waals surface area contributed by atoms with E-state index in [9.17, 15) is 8.78 Å². The van der Waals surface area contributed by atoms with Gasteiger partial charge in [-0.05, 0) is 17.7 Å². The van der Waals surface area contributed by atoms with E-state index in [1.165, 1.54) is 0 Å². The van der Waals surface area contributed by atoms with E-state index < -0.39 is 5.92 Å². The van der Waals surface area contributed by atoms with Crippen molar-refractivity contribution in [1.82, 2.24) is 5.32 Å². The summed E-state index contributed by atoms with van der Waals surface area (Å²) in [6, 6.07) is 6.75. The number of alkyl halides is 2. The van der Waals surface area contributed by atoms with Crippen molar-refractivity contribution in [2.24, 2.45) is 0 Å². The van der Waals surface area contributed by atoms with Crippen LogP contribution in [0.1, 0.15) is 18.0 Å². The second-order valence-corrected chi connectivity index (χ2v) is 3.98. The minimum atomic E-state index is -2.58. The molecule has 5 heteroatoms. The van der Waals surface area contributed by atoms with Gasteiger partial charge < -0.3 is 5.32 Å². The van der Waals surface area contributed by atoms with Crippen LogP contribution in [0.3, 0.4) is 0 Å². The van der Waals surface area contributed by atoms with Gasteiger partial charge in [0, 0.05) is 17.5 Å². The Hall–Kier alpha value is -0.380. The molecule has 1 N–H and O–H groups in total. The van der Waals surface area contributed by atoms with Crippen LogP contribution >= 0.6 is 24.0 Å². The molecular formula is C10H11Cl2F2N. The molecule has 1 heterocycles. The molecule has 0 saturated carbocycles. The molecule has 1 aromatic rings. The third kappa shape index (κ3) is 3.03. The average molecular weight is 254 g/mol. The fraction of sp³-hybridized carbons (Fsp3) is 0.400. The van der Waals surface area contributed by atoms with Gasteiger partial charge >= 0.3 is 0 Å². The smallest absolute Gasteiger partial charge is 0.262 e. The Kier molecular flexibility index (Phi) is 3.93. The van der Waals surface area contributed by atoms with E-state index in [1.54, 1.807) is 24.3 Å². The summed E-state index contributed by atoms with van der Waals surface area (Å²) >= 11 is 5.71. The van der Waals surface area contributed by atoms with Gasteiger partial charge in [0.05, 0.1) is 6.54 Å². The number of benzene rings is 1. The van der Waals surface area contributed by atoms with E-state index >= 15 is 0 Å². The summed E-state index contributed by atoms with van der Waals surface area (Å²) in [5.41, 5.74) is 0.867. The highest BCUT2D eigenvalue weighted by molar-refractivity contribution is 6.30. The molecule has 1 aliphatic heterocycles. The summed E-state index contributed by atoms with van der Waals surface area (Å²) in [7, 11) is 0. The minimum absolute atomic E-state index is 0. The van der Waals surface area contributed by atoms with E-state index in [0.29, 0.717) is 5.02 Å². The highest BCUT2D eigenvalue weighted by atomic mass is 35.5. The van der Waals surface area contributed by atoms with Crippen LogP contribution in [0.2, 0.25) is 5.02 Å². The first-order valence-electron chi connectivity index (χ1n) is 4.43. The van der Waals surface area contributed by atoms with E-state index in [0.717, 1.165) is 5.56 Å². The fourth-order valence-electron chi connectivity index (χ4n) is 1.65. The van der Waals surface area contributed by atoms with Gasteiger partial charge in [0.15, 0.2) is 0 Å². The van der Waals surface area contributed by atoms with E-state index in [1.807, 2.05) is 0 Å². The van der Waals surface area contributed by atoms with Gasteiger partial charge in [-0.3, -0.25) is 0 Å². The predicted molar refractivity (Wildman–Crippen MR) is 59.0 cm³/mol. The lowest BCUT2D eigenvalue weighted by molar-refractivity contribution is 0.0210. The van der Waals surface area contributed by atoms with Crippen molar-refractivity contribution in [2.45, 2.75) is 18.4 Å². The topological polar surface area (TPSA) is 12.0 Å². The van der Waals surface area contributed by atoms with Gasteiger partial charge in [-0.15, -0.1) is 12.4 Å². The standard InChI is InChI=1S/C10H10ClF2N.ClH/c11-8-3-1-7(2-4-8)9-5-10(12,13)6-14-9;/h1-4,9,14H,5-6H2;1H. The molecule has 1 atom stereocenters. The monoisotopic (exact) mass is 253 g/mol. The van der Waals surface area contributed by atoms with E-state index in [2.05, 4.69) is 5.32 Å². The van der Waals surface area contributed by atoms with Crippen LogP contribution in [0.25, 0.3) is 0 Å². The Balaban J connectivity index is 0.00000112. The van der Waals surface area contributed by atoms with Crippen LogP contribution in [0.4, 0.5) is 8.78 Å². The zero-order valence-electron chi connectivity index (χ0n) is 7.84. The van der Waals surface area contributed by atoms with Crippen molar-refractivity contribution in [2.75, 3.05) is 6.54 Å². The van der Waals surface area contributed by atoms with Crippen LogP contribution in [-0.2, 0) is 0 Å². The Labute approximate surface area is 98.2 Å². The second kappa shape index (κ2) is 4.64. The van der Waals surface area contributed by atoms with Gasteiger partial charge in [-0.1, -0.05) is 23.7 Å². The van der Waals surface area contributed by atoms with Crippen molar-refractivity contribution < 1.29 is 8.78 Å². The van der Waals surface area contributed by atoms with Crippen molar-refractivity contribution in [1.29, 1.82) is 0 Å². The van der Waals surface area contributed by atoms with Gasteiger partial charge in [0.2, 0.25) is 0 Å². The van der Waals surface area contributed by atoms with Gasteiger partial charge in [-0.25, -0.2) is 8.78 Å². The maximum Gasteiger partial charge on any atom is 0.262 e. The maximum atomic E-state index is 12.9. The number of halogens is 4. The lowest BCUT2D eigenvalue weighted by atomic mass is 10.0. The molecule has 84 valence electrons. The molecule has 1 aliphatic rings. The highest BCUT2D eigenvalue weighted by Gasteiger charge is 2.39. The molecule has 1 saturated heterocycles. The quantitative estimate of drug-likeness (QED) is 0.809. The van der Waals surface area contributed by atoms with Crippen molar-refractivity contribution >= 4 is 24.0 Å². The van der Waals surface area contributed by atoms with E-state index in [-0.39, 0.29) is 31.4 Å². The second-order valence-electron chi connectivity index (χ2n) is 3.55. The van der Waals surface area contributed by atoms with Gasteiger partial charge in [0.1, 0.15) is 0 Å². The summed E-state index contributed by atoms with van der Waals surface area (Å²) < 4.78 is 25.7. The fourth-order valence-corrected chi connectivity index (χ4v) is 1.77. The number of nitrogens with one attached hydrogen (secondary N) is 1. The summed E-state index contributed by atoms with van der Waals surface area (Å²) in [4.78, 5) is 0. The van der Waals surface area contributed by atoms with E-state index in [4.69, 9.17) is 11.6 Å². The molecule has 1 nitrogen and oxygen atoms in total. The minimum Gasteiger partial charge on any atom is -0.304 e. The van der Waals surface area contributed by atoms with Gasteiger partial charge in [-0.2, -0.15) is 0 Å². The Morgan fingerprint density at radius 2 is 1.87 bits per heavy atom. The molecule has 15 heavy (non-hydrogen) atoms. The molecule has 0 amide bonds. The molecule has 0 radical (unpaired) electrons. The lowest BCUT2D eigenvalue weighted by Gasteiger charge is -2.10. The van der Waals surface area contributed by atoms with Crippen LogP contribution in [0.5, 0.6) is 0 Å². The molecular weight excluding hydrogens is 243 g/mol. The zero-order chi connectivity index (χ0) is 10.2. The Morgan fingerprint density at radius 1 is 1.27 bits per heavy atom. The van der Waals surface area contributed by atoms with Gasteiger partial charge in [0.25, 0.3) is 5.92 Å². The largest absolute Gasteiger partial charge is 0.304 e. The molecule has 0 bridgehead atoms. The van der Waals surface area contributed by atoms with Crippen LogP contribution in [-0.4, -0.2) is 12.5 Å². The Morgan fingerprint density at radius 3 is 2.33 bits per heavy atom. The summed E-state index contributed by atoms with van der Waals surface area (Å²) in [5.74, 6) is -2.58. The first kappa shape index (κ1) is 12.7. The zero-order valence-corrected chi connectivity index (χ0v) is 9.42. The van der Waals surface area contributed by atoms with Crippen molar-refractivity contribution in [3.8, 4) is 0 Å². The van der Waals surface area contributed by atoms with Crippen molar-refractivity contribution in [3.05, 3.63) is 34.9 Å². The number of rotatable bonds is 1. The first-order chi connectivity index (χ1) is 6.57. The molecule has 0 aromatic heterocycles. The summed E-state index contributed by atoms with van der Waals surface area (Å²) in [5, 5.41) is 3.41. The number of hydrogen-bond acceptors (Lipinski definition) is 1. The maximum absolute atomic E-state index is 12.9. The highest BCUT2D eigenvalue weighted by Crippen LogP contribution is 2.33. The molecule has 0 spiro atoms.